The van der Waals surface area contributed by atoms with Crippen molar-refractivity contribution in [2.75, 3.05) is 6.61 Å². The Morgan fingerprint density at radius 3 is 2.22 bits per heavy atom. The fourth-order valence-electron chi connectivity index (χ4n) is 5.26. The molecule has 50 heavy (non-hydrogen) atoms. The summed E-state index contributed by atoms with van der Waals surface area (Å²) in [5.41, 5.74) is 0.382. The Kier molecular flexibility index (Phi) is 9.85. The molecule has 2 aromatic heterocycles. The maximum Gasteiger partial charge on any atom is 0.490 e. The number of phosphoric ester groups is 1. The van der Waals surface area contributed by atoms with Crippen molar-refractivity contribution in [2.45, 2.75) is 24.9 Å². The number of rotatable bonds is 11. The zero-order valence-electron chi connectivity index (χ0n) is 25.1. The van der Waals surface area contributed by atoms with Gasteiger partial charge in [0.25, 0.3) is 5.56 Å². The van der Waals surface area contributed by atoms with Gasteiger partial charge in [-0.15, -0.1) is 0 Å². The predicted octanol–water partition coefficient (Wildman–Crippen LogP) is 4.41. The number of H-pyrrole nitrogens is 1. The van der Waals surface area contributed by atoms with E-state index in [1.54, 1.807) is 18.2 Å². The summed E-state index contributed by atoms with van der Waals surface area (Å²) in [6.45, 7) is -0.984. The van der Waals surface area contributed by atoms with Crippen LogP contribution in [0, 0.1) is 5.82 Å². The molecule has 1 fully saturated rings. The molecule has 5 atom stereocenters. The number of hydrogen-bond donors (Lipinski definition) is 6. The van der Waals surface area contributed by atoms with Crippen molar-refractivity contribution < 1.29 is 65.1 Å². The molecule has 0 aliphatic carbocycles. The zero-order valence-corrected chi connectivity index (χ0v) is 27.8. The fourth-order valence-corrected chi connectivity index (χ4v) is 8.29. The number of aromatic nitrogens is 2. The number of fused-ring (bicyclic) bond motifs is 1. The highest BCUT2D eigenvalue weighted by molar-refractivity contribution is 7.66. The minimum absolute atomic E-state index is 0.162. The first-order valence-electron chi connectivity index (χ1n) is 14.3. The summed E-state index contributed by atoms with van der Waals surface area (Å²) in [7, 11) is -16.9. The number of benzene rings is 3. The summed E-state index contributed by atoms with van der Waals surface area (Å²) in [6.07, 6.45) is -3.55. The quantitative estimate of drug-likeness (QED) is 0.102. The van der Waals surface area contributed by atoms with E-state index in [2.05, 4.69) is 18.1 Å². The summed E-state index contributed by atoms with van der Waals surface area (Å²) in [6, 6.07) is 20.9. The van der Waals surface area contributed by atoms with Crippen molar-refractivity contribution in [3.05, 3.63) is 106 Å². The highest BCUT2D eigenvalue weighted by Crippen LogP contribution is 2.66. The van der Waals surface area contributed by atoms with Gasteiger partial charge in [-0.3, -0.25) is 18.9 Å². The fraction of sp³-hybridized carbons (Fsp3) is 0.172. The van der Waals surface area contributed by atoms with Crippen LogP contribution in [0.5, 0.6) is 0 Å². The Bertz CT molecular complexity index is 2300. The molecular formula is C29H26FN2O15P3. The average molecular weight is 754 g/mol. The van der Waals surface area contributed by atoms with E-state index in [4.69, 9.17) is 18.9 Å². The maximum atomic E-state index is 15.5. The Balaban J connectivity index is 1.17. The summed E-state index contributed by atoms with van der Waals surface area (Å²) in [5, 5.41) is 11.4. The van der Waals surface area contributed by atoms with Gasteiger partial charge in [0.1, 0.15) is 29.5 Å². The van der Waals surface area contributed by atoms with Crippen LogP contribution in [0.3, 0.4) is 0 Å². The molecule has 0 spiro atoms. The molecule has 17 nitrogen and oxygen atoms in total. The summed E-state index contributed by atoms with van der Waals surface area (Å²) in [5.74, 6) is -0.126. The van der Waals surface area contributed by atoms with Gasteiger partial charge in [-0.05, 0) is 29.3 Å². The lowest BCUT2D eigenvalue weighted by Gasteiger charge is -2.19. The van der Waals surface area contributed by atoms with E-state index < -0.39 is 65.6 Å². The molecule has 21 heteroatoms. The molecule has 1 aliphatic rings. The van der Waals surface area contributed by atoms with Crippen molar-refractivity contribution in [3.63, 3.8) is 0 Å². The number of nitrogens with zero attached hydrogens (tertiary/aromatic N) is 1. The average Bonchev–Trinajstić information content (AvgIpc) is 3.62. The van der Waals surface area contributed by atoms with E-state index in [9.17, 15) is 38.2 Å². The molecule has 0 radical (unpaired) electrons. The number of hydrogen-bond acceptors (Lipinski definition) is 11. The van der Waals surface area contributed by atoms with E-state index in [1.165, 1.54) is 12.1 Å². The van der Waals surface area contributed by atoms with Crippen LogP contribution in [-0.4, -0.2) is 53.0 Å². The van der Waals surface area contributed by atoms with Crippen LogP contribution in [0.15, 0.2) is 93.0 Å². The number of aromatic amines is 1. The van der Waals surface area contributed by atoms with Crippen LogP contribution in [0.1, 0.15) is 12.6 Å². The molecule has 3 heterocycles. The van der Waals surface area contributed by atoms with Gasteiger partial charge in [-0.1, -0.05) is 54.6 Å². The molecule has 6 N–H and O–H groups in total. The molecule has 6 rings (SSSR count). The van der Waals surface area contributed by atoms with Gasteiger partial charge >= 0.3 is 29.2 Å². The summed E-state index contributed by atoms with van der Waals surface area (Å²) >= 11 is 0. The van der Waals surface area contributed by atoms with E-state index in [0.717, 1.165) is 27.3 Å². The van der Waals surface area contributed by atoms with Gasteiger partial charge in [0.05, 0.1) is 18.3 Å². The SMILES string of the molecule is O=c1[nH]c(=O)n([C@H]2C[C@H](O)[C@@H](COP(=O)(O)OP(=O)(O)OP(=O)(O)O)O2)cc1-c1ccc(-c2ccc(-c3cc4ccccc4o3)cc2)cc1F. The maximum absolute atomic E-state index is 15.5. The van der Waals surface area contributed by atoms with Crippen LogP contribution >= 0.6 is 23.5 Å². The number of phosphoric acid groups is 3. The van der Waals surface area contributed by atoms with Gasteiger partial charge < -0.3 is 33.8 Å². The topological polar surface area (TPSA) is 257 Å². The highest BCUT2D eigenvalue weighted by atomic mass is 31.3. The van der Waals surface area contributed by atoms with Crippen molar-refractivity contribution >= 4 is 34.4 Å². The minimum Gasteiger partial charge on any atom is -0.456 e. The number of nitrogens with one attached hydrogen (secondary N) is 1. The molecular weight excluding hydrogens is 728 g/mol. The molecule has 5 aromatic rings. The van der Waals surface area contributed by atoms with Crippen LogP contribution in [0.2, 0.25) is 0 Å². The number of aliphatic hydroxyl groups is 1. The Hall–Kier alpha value is -3.86. The van der Waals surface area contributed by atoms with Crippen LogP contribution < -0.4 is 11.2 Å². The number of halogens is 1. The number of para-hydroxylation sites is 1. The second-order valence-corrected chi connectivity index (χ2v) is 15.4. The Labute approximate surface area is 279 Å². The van der Waals surface area contributed by atoms with Crippen molar-refractivity contribution in [3.8, 4) is 33.6 Å². The Morgan fingerprint density at radius 2 is 1.54 bits per heavy atom. The number of furan rings is 1. The largest absolute Gasteiger partial charge is 0.490 e. The smallest absolute Gasteiger partial charge is 0.456 e. The van der Waals surface area contributed by atoms with Crippen molar-refractivity contribution in [1.82, 2.24) is 9.55 Å². The molecule has 0 bridgehead atoms. The van der Waals surface area contributed by atoms with Gasteiger partial charge in [0.2, 0.25) is 0 Å². The first kappa shape index (κ1) is 35.9. The molecule has 264 valence electrons. The monoisotopic (exact) mass is 754 g/mol. The number of ether oxygens (including phenoxy) is 1. The van der Waals surface area contributed by atoms with Gasteiger partial charge in [0, 0.05) is 29.1 Å². The lowest BCUT2D eigenvalue weighted by atomic mass is 9.99. The summed E-state index contributed by atoms with van der Waals surface area (Å²) < 4.78 is 73.9. The van der Waals surface area contributed by atoms with Gasteiger partial charge in [0.15, 0.2) is 0 Å². The lowest BCUT2D eigenvalue weighted by molar-refractivity contribution is -0.0449. The van der Waals surface area contributed by atoms with E-state index in [1.807, 2.05) is 42.5 Å². The van der Waals surface area contributed by atoms with Crippen LogP contribution in [0.4, 0.5) is 4.39 Å². The normalized spacial score (nSPS) is 20.5. The van der Waals surface area contributed by atoms with E-state index in [-0.39, 0.29) is 17.5 Å². The van der Waals surface area contributed by atoms with Gasteiger partial charge in [-0.25, -0.2) is 22.9 Å². The first-order chi connectivity index (χ1) is 23.5. The molecule has 0 amide bonds. The third kappa shape index (κ3) is 8.19. The van der Waals surface area contributed by atoms with Gasteiger partial charge in [-0.2, -0.15) is 8.62 Å². The third-order valence-electron chi connectivity index (χ3n) is 7.49. The molecule has 1 saturated heterocycles. The van der Waals surface area contributed by atoms with Crippen LogP contribution in [-0.2, 0) is 31.6 Å². The molecule has 1 aliphatic heterocycles. The second-order valence-electron chi connectivity index (χ2n) is 10.9. The third-order valence-corrected chi connectivity index (χ3v) is 11.3. The zero-order chi connectivity index (χ0) is 36.0. The van der Waals surface area contributed by atoms with Crippen molar-refractivity contribution in [1.29, 1.82) is 0 Å². The summed E-state index contributed by atoms with van der Waals surface area (Å²) in [4.78, 5) is 63.7. The van der Waals surface area contributed by atoms with E-state index >= 15 is 4.39 Å². The Morgan fingerprint density at radius 1 is 0.860 bits per heavy atom. The van der Waals surface area contributed by atoms with E-state index in [0.29, 0.717) is 16.9 Å². The molecule has 0 saturated carbocycles. The number of aliphatic hydroxyl groups excluding tert-OH is 1. The lowest BCUT2D eigenvalue weighted by Crippen LogP contribution is -2.33. The predicted molar refractivity (Wildman–Crippen MR) is 172 cm³/mol. The standard InChI is InChI=1S/C29H26FN2O15P3/c30-22-11-18(16-5-7-17(8-6-16)25-12-19-3-1-2-4-24(19)44-25)9-10-20(22)21-14-32(29(35)31-28(21)34)27-13-23(33)26(45-27)15-43-49(39,40)47-50(41,42)46-48(36,37)38/h1-12,14,23,26-27,33H,13,15H2,(H,39,40)(H,41,42)(H,31,34,35)(H2,36,37,38)/t23-,26+,27+/m0/s1. The second kappa shape index (κ2) is 13.7. The minimum atomic E-state index is -5.78. The highest BCUT2D eigenvalue weighted by Gasteiger charge is 2.43. The molecule has 2 unspecified atom stereocenters. The molecule has 3 aromatic carbocycles. The van der Waals surface area contributed by atoms with Crippen LogP contribution in [0.25, 0.3) is 44.5 Å². The first-order valence-corrected chi connectivity index (χ1v) is 18.9. The van der Waals surface area contributed by atoms with Crippen molar-refractivity contribution in [2.24, 2.45) is 0 Å².